The van der Waals surface area contributed by atoms with Gasteiger partial charge < -0.3 is 10.5 Å². The maximum Gasteiger partial charge on any atom is 0.125 e. The van der Waals surface area contributed by atoms with E-state index in [1.165, 1.54) is 0 Å². The van der Waals surface area contributed by atoms with Crippen molar-refractivity contribution in [1.29, 1.82) is 0 Å². The van der Waals surface area contributed by atoms with Crippen molar-refractivity contribution < 1.29 is 4.74 Å². The Kier molecular flexibility index (Phi) is 4.69. The monoisotopic (exact) mass is 256 g/mol. The zero-order valence-corrected chi connectivity index (χ0v) is 12.4. The van der Waals surface area contributed by atoms with Gasteiger partial charge >= 0.3 is 0 Å². The van der Waals surface area contributed by atoms with Crippen molar-refractivity contribution in [2.75, 3.05) is 6.61 Å². The second-order valence-electron chi connectivity index (χ2n) is 4.89. The zero-order chi connectivity index (χ0) is 13.1. The number of aromatic nitrogens is 1. The van der Waals surface area contributed by atoms with Crippen molar-refractivity contribution in [2.45, 2.75) is 58.6 Å². The molecule has 0 aliphatic carbocycles. The lowest BCUT2D eigenvalue weighted by Gasteiger charge is -2.29. The first-order valence-corrected chi connectivity index (χ1v) is 7.17. The summed E-state index contributed by atoms with van der Waals surface area (Å²) in [6, 6.07) is 0. The molecule has 1 rings (SSSR count). The van der Waals surface area contributed by atoms with Crippen molar-refractivity contribution in [3.8, 4) is 0 Å². The van der Waals surface area contributed by atoms with E-state index in [-0.39, 0.29) is 11.1 Å². The molecule has 0 spiro atoms. The molecule has 0 atom stereocenters. The van der Waals surface area contributed by atoms with Crippen LogP contribution < -0.4 is 5.73 Å². The van der Waals surface area contributed by atoms with Crippen molar-refractivity contribution in [3.05, 3.63) is 16.1 Å². The Balaban J connectivity index is 3.08. The first-order chi connectivity index (χ1) is 7.89. The van der Waals surface area contributed by atoms with Crippen LogP contribution >= 0.6 is 11.3 Å². The van der Waals surface area contributed by atoms with E-state index in [0.29, 0.717) is 6.61 Å². The van der Waals surface area contributed by atoms with Gasteiger partial charge in [-0.05, 0) is 33.6 Å². The number of thiazole rings is 1. The number of hydrogen-bond donors (Lipinski definition) is 1. The molecule has 0 bridgehead atoms. The SMILES string of the molecule is CCOC(CC)(CC)c1nc(C(C)(C)N)cs1. The first-order valence-electron chi connectivity index (χ1n) is 6.29. The Hall–Kier alpha value is -0.450. The smallest absolute Gasteiger partial charge is 0.125 e. The molecule has 0 radical (unpaired) electrons. The molecule has 3 nitrogen and oxygen atoms in total. The summed E-state index contributed by atoms with van der Waals surface area (Å²) in [6.07, 6.45) is 1.88. The summed E-state index contributed by atoms with van der Waals surface area (Å²) >= 11 is 1.66. The lowest BCUT2D eigenvalue weighted by Crippen LogP contribution is -2.31. The van der Waals surface area contributed by atoms with Gasteiger partial charge in [-0.3, -0.25) is 0 Å². The van der Waals surface area contributed by atoms with Gasteiger partial charge in [0.05, 0.1) is 11.2 Å². The molecule has 0 aromatic carbocycles. The van der Waals surface area contributed by atoms with Gasteiger partial charge in [0, 0.05) is 12.0 Å². The molecule has 0 unspecified atom stereocenters. The lowest BCUT2D eigenvalue weighted by atomic mass is 9.97. The third-order valence-corrected chi connectivity index (χ3v) is 4.14. The van der Waals surface area contributed by atoms with E-state index in [2.05, 4.69) is 24.2 Å². The van der Waals surface area contributed by atoms with Crippen molar-refractivity contribution in [1.82, 2.24) is 4.98 Å². The fourth-order valence-corrected chi connectivity index (χ4v) is 3.17. The fourth-order valence-electron chi connectivity index (χ4n) is 1.87. The summed E-state index contributed by atoms with van der Waals surface area (Å²) in [4.78, 5) is 4.68. The molecule has 2 N–H and O–H groups in total. The van der Waals surface area contributed by atoms with E-state index in [1.807, 2.05) is 20.8 Å². The van der Waals surface area contributed by atoms with E-state index < -0.39 is 0 Å². The minimum absolute atomic E-state index is 0.233. The van der Waals surface area contributed by atoms with Crippen LogP contribution in [0.2, 0.25) is 0 Å². The molecule has 1 heterocycles. The molecule has 0 aliphatic rings. The minimum Gasteiger partial charge on any atom is -0.368 e. The third kappa shape index (κ3) is 3.06. The molecule has 1 aromatic rings. The molecular weight excluding hydrogens is 232 g/mol. The molecule has 98 valence electrons. The molecule has 0 saturated heterocycles. The van der Waals surface area contributed by atoms with Gasteiger partial charge in [0.25, 0.3) is 0 Å². The Morgan fingerprint density at radius 3 is 2.24 bits per heavy atom. The number of hydrogen-bond acceptors (Lipinski definition) is 4. The van der Waals surface area contributed by atoms with Crippen molar-refractivity contribution in [3.63, 3.8) is 0 Å². The summed E-state index contributed by atoms with van der Waals surface area (Å²) < 4.78 is 5.95. The van der Waals surface area contributed by atoms with Crippen LogP contribution in [0.1, 0.15) is 58.2 Å². The summed E-state index contributed by atoms with van der Waals surface area (Å²) in [5, 5.41) is 3.10. The number of ether oxygens (including phenoxy) is 1. The van der Waals surface area contributed by atoms with Gasteiger partial charge in [-0.1, -0.05) is 13.8 Å². The van der Waals surface area contributed by atoms with Gasteiger partial charge in [-0.2, -0.15) is 0 Å². The van der Waals surface area contributed by atoms with Crippen LogP contribution in [0.3, 0.4) is 0 Å². The maximum atomic E-state index is 6.07. The fraction of sp³-hybridized carbons (Fsp3) is 0.769. The minimum atomic E-state index is -0.381. The van der Waals surface area contributed by atoms with Crippen LogP contribution in [-0.2, 0) is 15.9 Å². The molecule has 4 heteroatoms. The van der Waals surface area contributed by atoms with Crippen molar-refractivity contribution in [2.24, 2.45) is 5.73 Å². The Morgan fingerprint density at radius 1 is 1.29 bits per heavy atom. The highest BCUT2D eigenvalue weighted by Gasteiger charge is 2.33. The maximum absolute atomic E-state index is 6.07. The Morgan fingerprint density at radius 2 is 1.88 bits per heavy atom. The molecule has 0 fully saturated rings. The average molecular weight is 256 g/mol. The van der Waals surface area contributed by atoms with E-state index in [1.54, 1.807) is 11.3 Å². The van der Waals surface area contributed by atoms with Gasteiger partial charge in [-0.15, -0.1) is 11.3 Å². The van der Waals surface area contributed by atoms with Gasteiger partial charge in [-0.25, -0.2) is 4.98 Å². The molecule has 0 aliphatic heterocycles. The van der Waals surface area contributed by atoms with Gasteiger partial charge in [0.15, 0.2) is 0 Å². The molecule has 0 saturated carbocycles. The second-order valence-corrected chi connectivity index (χ2v) is 5.75. The van der Waals surface area contributed by atoms with E-state index in [4.69, 9.17) is 10.5 Å². The van der Waals surface area contributed by atoms with Crippen molar-refractivity contribution >= 4 is 11.3 Å². The number of rotatable bonds is 6. The average Bonchev–Trinajstić information content (AvgIpc) is 2.75. The number of nitrogens with zero attached hydrogens (tertiary/aromatic N) is 1. The quantitative estimate of drug-likeness (QED) is 0.848. The van der Waals surface area contributed by atoms with E-state index >= 15 is 0 Å². The highest BCUT2D eigenvalue weighted by atomic mass is 32.1. The normalized spacial score (nSPS) is 13.1. The summed E-state index contributed by atoms with van der Waals surface area (Å²) in [5.41, 5.74) is 6.41. The predicted octanol–water partition coefficient (Wildman–Crippen LogP) is 3.39. The van der Waals surface area contributed by atoms with E-state index in [0.717, 1.165) is 23.5 Å². The molecule has 0 amide bonds. The standard InChI is InChI=1S/C13H24N2OS/c1-6-13(7-2,16-8-3)11-15-10(9-17-11)12(4,5)14/h9H,6-8,14H2,1-5H3. The highest BCUT2D eigenvalue weighted by Crippen LogP contribution is 2.36. The van der Waals surface area contributed by atoms with Crippen LogP contribution in [0.4, 0.5) is 0 Å². The first kappa shape index (κ1) is 14.6. The second kappa shape index (κ2) is 5.46. The zero-order valence-electron chi connectivity index (χ0n) is 11.5. The topological polar surface area (TPSA) is 48.1 Å². The Labute approximate surface area is 108 Å². The summed E-state index contributed by atoms with van der Waals surface area (Å²) in [7, 11) is 0. The van der Waals surface area contributed by atoms with Gasteiger partial charge in [0.1, 0.15) is 10.6 Å². The van der Waals surface area contributed by atoms with Crippen LogP contribution in [0.5, 0.6) is 0 Å². The lowest BCUT2D eigenvalue weighted by molar-refractivity contribution is -0.0508. The van der Waals surface area contributed by atoms with Crippen LogP contribution in [0.15, 0.2) is 5.38 Å². The van der Waals surface area contributed by atoms with E-state index in [9.17, 15) is 0 Å². The molecular formula is C13H24N2OS. The Bertz CT molecular complexity index is 351. The van der Waals surface area contributed by atoms with Crippen LogP contribution in [-0.4, -0.2) is 11.6 Å². The predicted molar refractivity (Wildman–Crippen MR) is 73.2 cm³/mol. The number of nitrogens with two attached hydrogens (primary N) is 1. The summed E-state index contributed by atoms with van der Waals surface area (Å²) in [6.45, 7) is 11.0. The van der Waals surface area contributed by atoms with Crippen LogP contribution in [0, 0.1) is 0 Å². The third-order valence-electron chi connectivity index (χ3n) is 3.12. The molecule has 1 aromatic heterocycles. The molecule has 17 heavy (non-hydrogen) atoms. The van der Waals surface area contributed by atoms with Gasteiger partial charge in [0.2, 0.25) is 0 Å². The van der Waals surface area contributed by atoms with Crippen LogP contribution in [0.25, 0.3) is 0 Å². The highest BCUT2D eigenvalue weighted by molar-refractivity contribution is 7.09. The summed E-state index contributed by atoms with van der Waals surface area (Å²) in [5.74, 6) is 0. The largest absolute Gasteiger partial charge is 0.368 e.